The second-order valence-electron chi connectivity index (χ2n) is 5.57. The lowest BCUT2D eigenvalue weighted by Crippen LogP contribution is -2.27. The largest absolute Gasteiger partial charge is 0.466 e. The van der Waals surface area contributed by atoms with Crippen LogP contribution in [0.5, 0.6) is 0 Å². The van der Waals surface area contributed by atoms with Gasteiger partial charge in [-0.05, 0) is 13.8 Å². The molecule has 0 N–H and O–H groups in total. The number of ether oxygens (including phenoxy) is 1. The number of carbonyl (C=O) groups is 1. The van der Waals surface area contributed by atoms with E-state index in [1.807, 2.05) is 0 Å². The summed E-state index contributed by atoms with van der Waals surface area (Å²) in [5, 5.41) is 0. The molecule has 0 saturated carbocycles. The van der Waals surface area contributed by atoms with E-state index in [-0.39, 0.29) is 11.4 Å². The molecule has 0 aromatic heterocycles. The number of hydrogen-bond acceptors (Lipinski definition) is 2. The number of fused-ring (bicyclic) bond motifs is 1. The maximum absolute atomic E-state index is 10.8. The van der Waals surface area contributed by atoms with Crippen molar-refractivity contribution in [3.63, 3.8) is 0 Å². The van der Waals surface area contributed by atoms with Crippen LogP contribution in [0.3, 0.4) is 0 Å². The topological polar surface area (TPSA) is 29.3 Å². The third-order valence-electron chi connectivity index (χ3n) is 4.01. The van der Waals surface area contributed by atoms with Crippen molar-refractivity contribution in [3.05, 3.63) is 29.8 Å². The minimum absolute atomic E-state index is 0.0814. The van der Waals surface area contributed by atoms with E-state index in [1.54, 1.807) is 0 Å². The lowest BCUT2D eigenvalue weighted by atomic mass is 9.82. The van der Waals surface area contributed by atoms with Crippen molar-refractivity contribution >= 4 is 17.4 Å². The Balaban J connectivity index is 2.16. The van der Waals surface area contributed by atoms with Crippen molar-refractivity contribution in [2.45, 2.75) is 39.5 Å². The van der Waals surface area contributed by atoms with Gasteiger partial charge in [0.25, 0.3) is 0 Å². The summed E-state index contributed by atoms with van der Waals surface area (Å²) in [6.45, 7) is 9.53. The predicted molar refractivity (Wildman–Crippen MR) is 76.2 cm³/mol. The fourth-order valence-corrected chi connectivity index (χ4v) is 2.68. The van der Waals surface area contributed by atoms with E-state index in [4.69, 9.17) is 4.74 Å². The summed E-state index contributed by atoms with van der Waals surface area (Å²) < 4.78 is 7.35. The molecule has 0 bridgehead atoms. The van der Waals surface area contributed by atoms with Crippen LogP contribution in [0.2, 0.25) is 0 Å². The molecule has 1 aromatic rings. The Kier molecular flexibility index (Phi) is 3.74. The van der Waals surface area contributed by atoms with Gasteiger partial charge in [-0.25, -0.2) is 0 Å². The van der Waals surface area contributed by atoms with Gasteiger partial charge in [-0.2, -0.15) is 4.58 Å². The van der Waals surface area contributed by atoms with Crippen LogP contribution in [0.4, 0.5) is 5.69 Å². The minimum atomic E-state index is -0.206. The molecule has 0 radical (unpaired) electrons. The molecule has 1 aliphatic rings. The third kappa shape index (κ3) is 2.55. The maximum Gasteiger partial charge on any atom is 0.302 e. The molecule has 102 valence electrons. The number of benzene rings is 1. The lowest BCUT2D eigenvalue weighted by Gasteiger charge is -2.14. The zero-order chi connectivity index (χ0) is 14.0. The molecule has 2 rings (SSSR count). The van der Waals surface area contributed by atoms with Crippen LogP contribution in [0.15, 0.2) is 24.3 Å². The Morgan fingerprint density at radius 1 is 1.32 bits per heavy atom. The molecule has 1 aliphatic heterocycles. The van der Waals surface area contributed by atoms with Crippen molar-refractivity contribution in [3.8, 4) is 0 Å². The predicted octanol–water partition coefficient (Wildman–Crippen LogP) is 3.04. The summed E-state index contributed by atoms with van der Waals surface area (Å²) >= 11 is 0. The second-order valence-corrected chi connectivity index (χ2v) is 5.57. The van der Waals surface area contributed by atoms with Crippen LogP contribution in [0.25, 0.3) is 0 Å². The van der Waals surface area contributed by atoms with Crippen LogP contribution in [-0.4, -0.2) is 29.4 Å². The van der Waals surface area contributed by atoms with Crippen LogP contribution in [-0.2, 0) is 14.9 Å². The molecule has 19 heavy (non-hydrogen) atoms. The lowest BCUT2D eigenvalue weighted by molar-refractivity contribution is -0.440. The number of rotatable bonds is 4. The van der Waals surface area contributed by atoms with E-state index in [1.165, 1.54) is 23.9 Å². The van der Waals surface area contributed by atoms with Crippen molar-refractivity contribution < 1.29 is 14.1 Å². The molecule has 0 spiro atoms. The zero-order valence-electron chi connectivity index (χ0n) is 12.2. The Morgan fingerprint density at radius 2 is 2.00 bits per heavy atom. The van der Waals surface area contributed by atoms with Gasteiger partial charge in [0.15, 0.2) is 12.3 Å². The van der Waals surface area contributed by atoms with Crippen molar-refractivity contribution in [2.24, 2.45) is 0 Å². The van der Waals surface area contributed by atoms with Gasteiger partial charge in [0, 0.05) is 31.9 Å². The highest BCUT2D eigenvalue weighted by molar-refractivity contribution is 5.93. The SMILES string of the molecule is CC(=O)OCCC[N+]1=C(C)C(C)(C)c2ccccc21. The first-order chi connectivity index (χ1) is 8.94. The van der Waals surface area contributed by atoms with Gasteiger partial charge in [-0.1, -0.05) is 18.2 Å². The van der Waals surface area contributed by atoms with E-state index >= 15 is 0 Å². The minimum Gasteiger partial charge on any atom is -0.466 e. The normalized spacial score (nSPS) is 16.4. The van der Waals surface area contributed by atoms with Crippen molar-refractivity contribution in [1.29, 1.82) is 0 Å². The van der Waals surface area contributed by atoms with Gasteiger partial charge in [-0.15, -0.1) is 0 Å². The van der Waals surface area contributed by atoms with Gasteiger partial charge in [-0.3, -0.25) is 4.79 Å². The van der Waals surface area contributed by atoms with E-state index in [0.717, 1.165) is 13.0 Å². The summed E-state index contributed by atoms with van der Waals surface area (Å²) in [6.07, 6.45) is 0.849. The summed E-state index contributed by atoms with van der Waals surface area (Å²) in [5.74, 6) is -0.206. The van der Waals surface area contributed by atoms with Crippen molar-refractivity contribution in [2.75, 3.05) is 13.2 Å². The van der Waals surface area contributed by atoms with Gasteiger partial charge in [0.1, 0.15) is 0 Å². The van der Waals surface area contributed by atoms with Gasteiger partial charge >= 0.3 is 5.97 Å². The zero-order valence-corrected chi connectivity index (χ0v) is 12.2. The number of hydrogen-bond donors (Lipinski definition) is 0. The highest BCUT2D eigenvalue weighted by atomic mass is 16.5. The molecular weight excluding hydrogens is 238 g/mol. The number of carbonyl (C=O) groups excluding carboxylic acids is 1. The Hall–Kier alpha value is -1.64. The molecule has 1 heterocycles. The van der Waals surface area contributed by atoms with E-state index in [0.29, 0.717) is 6.61 Å². The molecule has 0 fully saturated rings. The molecular formula is C16H22NO2+. The van der Waals surface area contributed by atoms with E-state index in [9.17, 15) is 4.79 Å². The number of esters is 1. The molecule has 0 unspecified atom stereocenters. The Labute approximate surface area is 114 Å². The first kappa shape index (κ1) is 13.8. The first-order valence-electron chi connectivity index (χ1n) is 6.79. The monoisotopic (exact) mass is 260 g/mol. The van der Waals surface area contributed by atoms with Crippen LogP contribution < -0.4 is 0 Å². The summed E-state index contributed by atoms with van der Waals surface area (Å²) in [7, 11) is 0. The molecule has 0 amide bonds. The second kappa shape index (κ2) is 5.16. The first-order valence-corrected chi connectivity index (χ1v) is 6.79. The third-order valence-corrected chi connectivity index (χ3v) is 4.01. The summed E-state index contributed by atoms with van der Waals surface area (Å²) in [4.78, 5) is 10.8. The fourth-order valence-electron chi connectivity index (χ4n) is 2.68. The average Bonchev–Trinajstić information content (AvgIpc) is 2.55. The van der Waals surface area contributed by atoms with E-state index in [2.05, 4.69) is 49.6 Å². The fraction of sp³-hybridized carbons (Fsp3) is 0.500. The number of para-hydroxylation sites is 1. The maximum atomic E-state index is 10.8. The van der Waals surface area contributed by atoms with Gasteiger partial charge in [0.05, 0.1) is 12.0 Å². The molecule has 3 heteroatoms. The van der Waals surface area contributed by atoms with Gasteiger partial charge < -0.3 is 4.74 Å². The molecule has 0 atom stereocenters. The molecule has 3 nitrogen and oxygen atoms in total. The average molecular weight is 260 g/mol. The quantitative estimate of drug-likeness (QED) is 0.473. The van der Waals surface area contributed by atoms with Crippen LogP contribution in [0, 0.1) is 0 Å². The summed E-state index contributed by atoms with van der Waals surface area (Å²) in [6, 6.07) is 8.53. The van der Waals surface area contributed by atoms with Gasteiger partial charge in [0.2, 0.25) is 5.69 Å². The van der Waals surface area contributed by atoms with E-state index < -0.39 is 0 Å². The van der Waals surface area contributed by atoms with Crippen LogP contribution >= 0.6 is 0 Å². The Bertz CT molecular complexity index is 529. The highest BCUT2D eigenvalue weighted by Crippen LogP contribution is 2.39. The number of nitrogens with zero attached hydrogens (tertiary/aromatic N) is 1. The van der Waals surface area contributed by atoms with Crippen LogP contribution in [0.1, 0.15) is 39.7 Å². The standard InChI is InChI=1S/C16H22NO2/c1-12-16(3,4)14-8-5-6-9-15(14)17(12)10-7-11-19-13(2)18/h5-6,8-9H,7,10-11H2,1-4H3/q+1. The summed E-state index contributed by atoms with van der Waals surface area (Å²) in [5.41, 5.74) is 4.10. The molecule has 1 aromatic carbocycles. The highest BCUT2D eigenvalue weighted by Gasteiger charge is 2.42. The van der Waals surface area contributed by atoms with Crippen molar-refractivity contribution in [1.82, 2.24) is 0 Å². The Morgan fingerprint density at radius 3 is 2.68 bits per heavy atom. The smallest absolute Gasteiger partial charge is 0.302 e. The molecule has 0 aliphatic carbocycles. The molecule has 0 saturated heterocycles.